The van der Waals surface area contributed by atoms with Gasteiger partial charge in [-0.2, -0.15) is 0 Å². The van der Waals surface area contributed by atoms with Crippen molar-refractivity contribution in [1.82, 2.24) is 4.72 Å². The molecule has 1 atom stereocenters. The number of methoxy groups -OCH3 is 1. The van der Waals surface area contributed by atoms with Crippen LogP contribution in [0.4, 0.5) is 0 Å². The highest BCUT2D eigenvalue weighted by atomic mass is 32.2. The first-order valence-electron chi connectivity index (χ1n) is 4.80. The van der Waals surface area contributed by atoms with Gasteiger partial charge in [0.15, 0.2) is 0 Å². The Morgan fingerprint density at radius 3 is 2.33 bits per heavy atom. The maximum absolute atomic E-state index is 11.5. The fraction of sp³-hybridized carbons (Fsp3) is 1.00. The van der Waals surface area contributed by atoms with E-state index in [1.54, 1.807) is 0 Å². The summed E-state index contributed by atoms with van der Waals surface area (Å²) in [5.41, 5.74) is -0.294. The van der Waals surface area contributed by atoms with Crippen molar-refractivity contribution in [3.05, 3.63) is 0 Å². The monoisotopic (exact) mass is 239 g/mol. The smallest absolute Gasteiger partial charge is 0.212 e. The molecule has 0 saturated heterocycles. The Balaban J connectivity index is 4.06. The Kier molecular flexibility index (Phi) is 5.72. The number of ether oxygens (including phenoxy) is 1. The number of hydrogen-bond acceptors (Lipinski definition) is 4. The van der Waals surface area contributed by atoms with Crippen molar-refractivity contribution in [2.24, 2.45) is 5.41 Å². The van der Waals surface area contributed by atoms with Gasteiger partial charge in [0, 0.05) is 13.7 Å². The fourth-order valence-electron chi connectivity index (χ4n) is 1.10. The predicted octanol–water partition coefficient (Wildman–Crippen LogP) is -0.0408. The maximum atomic E-state index is 11.5. The minimum atomic E-state index is -3.32. The summed E-state index contributed by atoms with van der Waals surface area (Å²) in [6, 6.07) is 0. The number of aliphatic hydroxyl groups excluding tert-OH is 1. The molecule has 0 heterocycles. The highest BCUT2D eigenvalue weighted by Crippen LogP contribution is 2.15. The van der Waals surface area contributed by atoms with E-state index in [2.05, 4.69) is 9.46 Å². The van der Waals surface area contributed by atoms with Gasteiger partial charge in [0.25, 0.3) is 0 Å². The quantitative estimate of drug-likeness (QED) is 0.682. The molecule has 0 aliphatic carbocycles. The number of aliphatic hydroxyl groups is 1. The Bertz CT molecular complexity index is 268. The molecule has 0 spiro atoms. The van der Waals surface area contributed by atoms with Crippen LogP contribution in [0, 0.1) is 5.41 Å². The fourth-order valence-corrected chi connectivity index (χ4v) is 2.78. The largest absolute Gasteiger partial charge is 0.389 e. The maximum Gasteiger partial charge on any atom is 0.212 e. The number of nitrogens with one attached hydrogen (secondary N) is 1. The zero-order valence-corrected chi connectivity index (χ0v) is 10.6. The van der Waals surface area contributed by atoms with Gasteiger partial charge in [-0.1, -0.05) is 20.8 Å². The normalized spacial score (nSPS) is 15.3. The van der Waals surface area contributed by atoms with Crippen molar-refractivity contribution in [3.63, 3.8) is 0 Å². The molecule has 5 nitrogen and oxygen atoms in total. The van der Waals surface area contributed by atoms with E-state index in [9.17, 15) is 13.5 Å². The van der Waals surface area contributed by atoms with Crippen LogP contribution >= 0.6 is 0 Å². The second-order valence-electron chi connectivity index (χ2n) is 4.78. The topological polar surface area (TPSA) is 75.6 Å². The van der Waals surface area contributed by atoms with Crippen molar-refractivity contribution < 1.29 is 18.3 Å². The molecule has 0 aliphatic rings. The second kappa shape index (κ2) is 5.79. The number of rotatable bonds is 6. The van der Waals surface area contributed by atoms with Crippen LogP contribution in [0.1, 0.15) is 20.8 Å². The first kappa shape index (κ1) is 14.8. The van der Waals surface area contributed by atoms with Crippen LogP contribution in [0.25, 0.3) is 0 Å². The Labute approximate surface area is 91.9 Å². The van der Waals surface area contributed by atoms with Crippen LogP contribution in [0.15, 0.2) is 0 Å². The molecule has 15 heavy (non-hydrogen) atoms. The lowest BCUT2D eigenvalue weighted by molar-refractivity contribution is 0.0679. The summed E-state index contributed by atoms with van der Waals surface area (Å²) in [7, 11) is -1.87. The van der Waals surface area contributed by atoms with Crippen LogP contribution in [-0.4, -0.2) is 45.6 Å². The first-order valence-corrected chi connectivity index (χ1v) is 6.46. The van der Waals surface area contributed by atoms with E-state index in [1.165, 1.54) is 7.11 Å². The van der Waals surface area contributed by atoms with E-state index in [0.29, 0.717) is 0 Å². The summed E-state index contributed by atoms with van der Waals surface area (Å²) in [6.45, 7) is 5.65. The van der Waals surface area contributed by atoms with Crippen molar-refractivity contribution in [2.45, 2.75) is 26.9 Å². The molecule has 1 unspecified atom stereocenters. The molecule has 6 heteroatoms. The van der Waals surface area contributed by atoms with Gasteiger partial charge in [-0.05, 0) is 5.41 Å². The van der Waals surface area contributed by atoms with Gasteiger partial charge in [-0.3, -0.25) is 0 Å². The summed E-state index contributed by atoms with van der Waals surface area (Å²) in [6.07, 6.45) is -0.801. The second-order valence-corrected chi connectivity index (χ2v) is 6.58. The summed E-state index contributed by atoms with van der Waals surface area (Å²) >= 11 is 0. The summed E-state index contributed by atoms with van der Waals surface area (Å²) in [5, 5.41) is 9.26. The summed E-state index contributed by atoms with van der Waals surface area (Å²) in [4.78, 5) is 0. The average Bonchev–Trinajstić information content (AvgIpc) is 1.97. The Hall–Kier alpha value is -0.170. The molecule has 0 rings (SSSR count). The van der Waals surface area contributed by atoms with Crippen LogP contribution < -0.4 is 4.72 Å². The van der Waals surface area contributed by atoms with Crippen molar-refractivity contribution in [1.29, 1.82) is 0 Å². The lowest BCUT2D eigenvalue weighted by atomic mass is 10.0. The van der Waals surface area contributed by atoms with Crippen molar-refractivity contribution in [3.8, 4) is 0 Å². The molecule has 0 aromatic heterocycles. The van der Waals surface area contributed by atoms with E-state index in [0.717, 1.165) is 0 Å². The molecule has 0 aromatic carbocycles. The van der Waals surface area contributed by atoms with Crippen LogP contribution in [0.2, 0.25) is 0 Å². The van der Waals surface area contributed by atoms with E-state index < -0.39 is 16.1 Å². The molecular formula is C9H21NO4S. The number of sulfonamides is 1. The van der Waals surface area contributed by atoms with Gasteiger partial charge in [-0.25, -0.2) is 13.1 Å². The zero-order chi connectivity index (χ0) is 12.1. The lowest BCUT2D eigenvalue weighted by Crippen LogP contribution is -2.38. The molecule has 0 saturated carbocycles. The highest BCUT2D eigenvalue weighted by molar-refractivity contribution is 7.89. The Morgan fingerprint density at radius 1 is 1.40 bits per heavy atom. The summed E-state index contributed by atoms with van der Waals surface area (Å²) in [5.74, 6) is 0.0414. The van der Waals surface area contributed by atoms with Gasteiger partial charge in [0.05, 0.1) is 18.5 Å². The minimum absolute atomic E-state index is 0.00769. The molecule has 0 aliphatic heterocycles. The van der Waals surface area contributed by atoms with Gasteiger partial charge >= 0.3 is 0 Å². The van der Waals surface area contributed by atoms with Gasteiger partial charge in [0.2, 0.25) is 10.0 Å². The zero-order valence-electron chi connectivity index (χ0n) is 9.78. The van der Waals surface area contributed by atoms with E-state index in [4.69, 9.17) is 0 Å². The van der Waals surface area contributed by atoms with Crippen LogP contribution in [0.3, 0.4) is 0 Å². The molecule has 92 valence electrons. The number of hydrogen-bond donors (Lipinski definition) is 2. The third-order valence-electron chi connectivity index (χ3n) is 1.52. The molecule has 0 bridgehead atoms. The summed E-state index contributed by atoms with van der Waals surface area (Å²) < 4.78 is 30.0. The van der Waals surface area contributed by atoms with E-state index in [1.807, 2.05) is 20.8 Å². The average molecular weight is 239 g/mol. The third kappa shape index (κ3) is 8.80. The third-order valence-corrected chi connectivity index (χ3v) is 3.37. The molecule has 0 radical (unpaired) electrons. The Morgan fingerprint density at radius 2 is 1.93 bits per heavy atom. The van der Waals surface area contributed by atoms with Crippen LogP contribution in [-0.2, 0) is 14.8 Å². The SMILES string of the molecule is COCC(O)CNS(=O)(=O)CC(C)(C)C. The highest BCUT2D eigenvalue weighted by Gasteiger charge is 2.21. The van der Waals surface area contributed by atoms with Gasteiger partial charge in [-0.15, -0.1) is 0 Å². The minimum Gasteiger partial charge on any atom is -0.389 e. The molecule has 2 N–H and O–H groups in total. The molecular weight excluding hydrogens is 218 g/mol. The first-order chi connectivity index (χ1) is 6.66. The van der Waals surface area contributed by atoms with E-state index in [-0.39, 0.29) is 24.3 Å². The van der Waals surface area contributed by atoms with E-state index >= 15 is 0 Å². The van der Waals surface area contributed by atoms with Gasteiger partial charge in [0.1, 0.15) is 0 Å². The lowest BCUT2D eigenvalue weighted by Gasteiger charge is -2.19. The van der Waals surface area contributed by atoms with Crippen molar-refractivity contribution in [2.75, 3.05) is 26.0 Å². The van der Waals surface area contributed by atoms with Gasteiger partial charge < -0.3 is 9.84 Å². The molecule has 0 amide bonds. The standard InChI is InChI=1S/C9H21NO4S/c1-9(2,3)7-15(12,13)10-5-8(11)6-14-4/h8,10-11H,5-7H2,1-4H3. The predicted molar refractivity (Wildman–Crippen MR) is 59.1 cm³/mol. The van der Waals surface area contributed by atoms with Crippen molar-refractivity contribution >= 4 is 10.0 Å². The van der Waals surface area contributed by atoms with Crippen LogP contribution in [0.5, 0.6) is 0 Å². The molecule has 0 aromatic rings. The molecule has 0 fully saturated rings.